The minimum Gasteiger partial charge on any atom is -0.480 e. The third-order valence-electron chi connectivity index (χ3n) is 2.86. The monoisotopic (exact) mass is 239 g/mol. The Morgan fingerprint density at radius 2 is 2.35 bits per heavy atom. The fourth-order valence-electron chi connectivity index (χ4n) is 1.87. The maximum Gasteiger partial charge on any atom is 0.324 e. The van der Waals surface area contributed by atoms with Gasteiger partial charge in [-0.3, -0.25) is 9.79 Å². The van der Waals surface area contributed by atoms with Crippen molar-refractivity contribution >= 4 is 11.8 Å². The number of hydrogen-bond acceptors (Lipinski definition) is 4. The van der Waals surface area contributed by atoms with Crippen molar-refractivity contribution in [3.8, 4) is 0 Å². The van der Waals surface area contributed by atoms with E-state index in [0.717, 1.165) is 44.4 Å². The van der Waals surface area contributed by atoms with Crippen LogP contribution in [0.4, 0.5) is 0 Å². The van der Waals surface area contributed by atoms with Gasteiger partial charge in [0.15, 0.2) is 0 Å². The first-order valence-electron chi connectivity index (χ1n) is 6.07. The summed E-state index contributed by atoms with van der Waals surface area (Å²) in [6, 6.07) is -0.624. The van der Waals surface area contributed by atoms with Crippen molar-refractivity contribution < 1.29 is 9.90 Å². The number of allylic oxidation sites excluding steroid dienone is 1. The van der Waals surface area contributed by atoms with Gasteiger partial charge in [-0.05, 0) is 25.7 Å². The molecule has 0 radical (unpaired) electrons. The van der Waals surface area contributed by atoms with Gasteiger partial charge in [-0.15, -0.1) is 0 Å². The minimum atomic E-state index is -1.00. The van der Waals surface area contributed by atoms with Gasteiger partial charge in [-0.25, -0.2) is 0 Å². The third-order valence-corrected chi connectivity index (χ3v) is 2.86. The van der Waals surface area contributed by atoms with E-state index in [1.54, 1.807) is 0 Å². The van der Waals surface area contributed by atoms with E-state index in [1.165, 1.54) is 6.08 Å². The van der Waals surface area contributed by atoms with Crippen molar-refractivity contribution in [2.24, 2.45) is 16.5 Å². The van der Waals surface area contributed by atoms with E-state index in [9.17, 15) is 4.79 Å². The predicted octanol–water partition coefficient (Wildman–Crippen LogP) is 1.03. The Morgan fingerprint density at radius 1 is 1.59 bits per heavy atom. The molecule has 1 aliphatic heterocycles. The Morgan fingerprint density at radius 3 is 3.06 bits per heavy atom. The van der Waals surface area contributed by atoms with Crippen molar-refractivity contribution in [2.75, 3.05) is 0 Å². The van der Waals surface area contributed by atoms with E-state index in [-0.39, 0.29) is 6.04 Å². The van der Waals surface area contributed by atoms with Crippen molar-refractivity contribution in [1.29, 1.82) is 0 Å². The number of carbonyl (C=O) groups is 1. The van der Waals surface area contributed by atoms with Gasteiger partial charge in [0.1, 0.15) is 6.04 Å². The molecule has 5 nitrogen and oxygen atoms in total. The standard InChI is InChI=1S/C12H21N3O2/c13-10(12(16)17)7-3-1-5-9-6-2-4-8-11(14)15-9/h3,7,9-10H,1-2,4-6,8,13H2,(H2,14,15)(H,16,17)/b7-3+. The van der Waals surface area contributed by atoms with Gasteiger partial charge in [-0.2, -0.15) is 0 Å². The average molecular weight is 239 g/mol. The number of nitrogens with two attached hydrogens (primary N) is 2. The van der Waals surface area contributed by atoms with Crippen LogP contribution in [0, 0.1) is 0 Å². The second-order valence-electron chi connectivity index (χ2n) is 4.39. The minimum absolute atomic E-state index is 0.281. The van der Waals surface area contributed by atoms with E-state index >= 15 is 0 Å². The van der Waals surface area contributed by atoms with Crippen LogP contribution in [0.3, 0.4) is 0 Å². The highest BCUT2D eigenvalue weighted by molar-refractivity contribution is 5.80. The second-order valence-corrected chi connectivity index (χ2v) is 4.39. The first-order valence-corrected chi connectivity index (χ1v) is 6.07. The quantitative estimate of drug-likeness (QED) is 0.624. The van der Waals surface area contributed by atoms with Crippen LogP contribution in [0.15, 0.2) is 17.1 Å². The molecule has 0 aromatic carbocycles. The first kappa shape index (κ1) is 13.7. The summed E-state index contributed by atoms with van der Waals surface area (Å²) in [4.78, 5) is 14.9. The van der Waals surface area contributed by atoms with Gasteiger partial charge in [0.2, 0.25) is 0 Å². The maximum atomic E-state index is 10.5. The van der Waals surface area contributed by atoms with Crippen LogP contribution in [-0.4, -0.2) is 29.0 Å². The molecule has 17 heavy (non-hydrogen) atoms. The number of rotatable bonds is 5. The Kier molecular flexibility index (Phi) is 5.69. The number of aliphatic imine (C=N–C) groups is 1. The molecule has 0 fully saturated rings. The number of nitrogens with zero attached hydrogens (tertiary/aromatic N) is 1. The van der Waals surface area contributed by atoms with Gasteiger partial charge in [0.05, 0.1) is 11.9 Å². The summed E-state index contributed by atoms with van der Waals surface area (Å²) in [6.45, 7) is 0. The molecule has 1 heterocycles. The third kappa shape index (κ3) is 5.49. The molecule has 1 rings (SSSR count). The summed E-state index contributed by atoms with van der Waals surface area (Å²) < 4.78 is 0. The molecule has 5 N–H and O–H groups in total. The van der Waals surface area contributed by atoms with E-state index < -0.39 is 12.0 Å². The zero-order valence-electron chi connectivity index (χ0n) is 10.0. The molecule has 2 atom stereocenters. The fraction of sp³-hybridized carbons (Fsp3) is 0.667. The molecule has 96 valence electrons. The van der Waals surface area contributed by atoms with Crippen molar-refractivity contribution in [3.63, 3.8) is 0 Å². The first-order chi connectivity index (χ1) is 8.09. The lowest BCUT2D eigenvalue weighted by atomic mass is 10.1. The molecule has 5 heteroatoms. The van der Waals surface area contributed by atoms with Crippen molar-refractivity contribution in [2.45, 2.75) is 50.6 Å². The number of carboxylic acid groups (broad SMARTS) is 1. The Hall–Kier alpha value is -1.36. The lowest BCUT2D eigenvalue weighted by Gasteiger charge is -2.08. The van der Waals surface area contributed by atoms with Gasteiger partial charge >= 0.3 is 5.97 Å². The summed E-state index contributed by atoms with van der Waals surface area (Å²) in [7, 11) is 0. The average Bonchev–Trinajstić information content (AvgIpc) is 2.48. The highest BCUT2D eigenvalue weighted by Gasteiger charge is 2.11. The smallest absolute Gasteiger partial charge is 0.324 e. The van der Waals surface area contributed by atoms with Crippen molar-refractivity contribution in [3.05, 3.63) is 12.2 Å². The van der Waals surface area contributed by atoms with Crippen LogP contribution in [0.25, 0.3) is 0 Å². The summed E-state index contributed by atoms with van der Waals surface area (Å²) in [5.74, 6) is -0.253. The Labute approximate surface area is 102 Å². The number of carboxylic acids is 1. The summed E-state index contributed by atoms with van der Waals surface area (Å²) in [5.41, 5.74) is 11.1. The summed E-state index contributed by atoms with van der Waals surface area (Å²) in [5, 5.41) is 8.59. The molecule has 0 amide bonds. The normalized spacial score (nSPS) is 23.1. The topological polar surface area (TPSA) is 102 Å². The summed E-state index contributed by atoms with van der Waals surface area (Å²) >= 11 is 0. The van der Waals surface area contributed by atoms with Crippen LogP contribution < -0.4 is 11.5 Å². The van der Waals surface area contributed by atoms with E-state index in [4.69, 9.17) is 16.6 Å². The fourth-order valence-corrected chi connectivity index (χ4v) is 1.87. The van der Waals surface area contributed by atoms with E-state index in [2.05, 4.69) is 4.99 Å². The van der Waals surface area contributed by atoms with Crippen LogP contribution in [0.5, 0.6) is 0 Å². The van der Waals surface area contributed by atoms with Gasteiger partial charge in [0.25, 0.3) is 0 Å². The number of hydrogen-bond donors (Lipinski definition) is 3. The molecule has 0 saturated carbocycles. The second kappa shape index (κ2) is 7.06. The molecular weight excluding hydrogens is 218 g/mol. The molecule has 0 saturated heterocycles. The summed E-state index contributed by atoms with van der Waals surface area (Å²) in [6.07, 6.45) is 9.28. The molecule has 0 aromatic rings. The molecule has 0 aromatic heterocycles. The van der Waals surface area contributed by atoms with E-state index in [1.807, 2.05) is 6.08 Å². The number of aliphatic carboxylic acids is 1. The zero-order valence-corrected chi connectivity index (χ0v) is 10.0. The van der Waals surface area contributed by atoms with Gasteiger partial charge in [0, 0.05) is 6.42 Å². The van der Waals surface area contributed by atoms with E-state index in [0.29, 0.717) is 0 Å². The Balaban J connectivity index is 2.30. The van der Waals surface area contributed by atoms with Gasteiger partial charge in [-0.1, -0.05) is 18.6 Å². The van der Waals surface area contributed by atoms with Crippen LogP contribution in [0.1, 0.15) is 38.5 Å². The molecule has 1 aliphatic rings. The lowest BCUT2D eigenvalue weighted by Crippen LogP contribution is -2.27. The van der Waals surface area contributed by atoms with Crippen molar-refractivity contribution in [1.82, 2.24) is 0 Å². The van der Waals surface area contributed by atoms with Crippen LogP contribution in [-0.2, 0) is 4.79 Å². The predicted molar refractivity (Wildman–Crippen MR) is 67.9 cm³/mol. The zero-order chi connectivity index (χ0) is 12.7. The molecule has 2 unspecified atom stereocenters. The largest absolute Gasteiger partial charge is 0.480 e. The SMILES string of the molecule is NC1=NC(CC/C=C/C(N)C(=O)O)CCCC1. The molecule has 0 bridgehead atoms. The number of amidine groups is 1. The highest BCUT2D eigenvalue weighted by Crippen LogP contribution is 2.16. The maximum absolute atomic E-state index is 10.5. The molecule has 0 spiro atoms. The van der Waals surface area contributed by atoms with Gasteiger partial charge < -0.3 is 16.6 Å². The van der Waals surface area contributed by atoms with Crippen LogP contribution >= 0.6 is 0 Å². The lowest BCUT2D eigenvalue weighted by molar-refractivity contribution is -0.137. The highest BCUT2D eigenvalue weighted by atomic mass is 16.4. The Bertz CT molecular complexity index is 313. The molecular formula is C12H21N3O2. The van der Waals surface area contributed by atoms with Crippen LogP contribution in [0.2, 0.25) is 0 Å². The molecule has 0 aliphatic carbocycles.